The quantitative estimate of drug-likeness (QED) is 0.707. The summed E-state index contributed by atoms with van der Waals surface area (Å²) in [5, 5.41) is 0. The molecule has 0 aromatic carbocycles. The largest absolute Gasteiger partial charge is 0.449 e. The standard InChI is InChI=1S/C7H12N2O.CH4S/c1-2-6(8)5-7-9-3-4-10-7;1-2/h3-4,6H,2,5,8H2,1H3;2H,1H3. The van der Waals surface area contributed by atoms with Crippen molar-refractivity contribution in [3.05, 3.63) is 18.4 Å². The van der Waals surface area contributed by atoms with Crippen LogP contribution in [0.1, 0.15) is 19.2 Å². The Morgan fingerprint density at radius 2 is 2.33 bits per heavy atom. The Kier molecular flexibility index (Phi) is 6.90. The maximum atomic E-state index is 5.66. The van der Waals surface area contributed by atoms with Crippen molar-refractivity contribution < 1.29 is 4.42 Å². The molecule has 0 amide bonds. The molecule has 4 heteroatoms. The van der Waals surface area contributed by atoms with Gasteiger partial charge in [0.05, 0.1) is 6.20 Å². The molecule has 0 saturated heterocycles. The van der Waals surface area contributed by atoms with E-state index in [1.807, 2.05) is 6.92 Å². The van der Waals surface area contributed by atoms with Gasteiger partial charge in [-0.1, -0.05) is 6.92 Å². The smallest absolute Gasteiger partial charge is 0.195 e. The number of aromatic nitrogens is 1. The predicted octanol–water partition coefficient (Wildman–Crippen LogP) is 1.50. The van der Waals surface area contributed by atoms with Crippen LogP contribution in [-0.2, 0) is 6.42 Å². The highest BCUT2D eigenvalue weighted by Crippen LogP contribution is 1.99. The number of thiol groups is 1. The van der Waals surface area contributed by atoms with Crippen molar-refractivity contribution in [2.45, 2.75) is 25.8 Å². The minimum atomic E-state index is 0.179. The van der Waals surface area contributed by atoms with Crippen LogP contribution in [0.25, 0.3) is 0 Å². The Hall–Kier alpha value is -0.480. The summed E-state index contributed by atoms with van der Waals surface area (Å²) in [6, 6.07) is 0.179. The third-order valence-corrected chi connectivity index (χ3v) is 1.44. The Bertz CT molecular complexity index is 177. The zero-order chi connectivity index (χ0) is 9.40. The predicted molar refractivity (Wildman–Crippen MR) is 53.4 cm³/mol. The number of hydrogen-bond donors (Lipinski definition) is 2. The zero-order valence-electron chi connectivity index (χ0n) is 7.53. The summed E-state index contributed by atoms with van der Waals surface area (Å²) >= 11 is 3.53. The SMILES string of the molecule is CCC(N)Cc1ncco1.CS. The molecule has 0 aliphatic heterocycles. The highest BCUT2D eigenvalue weighted by atomic mass is 32.1. The van der Waals surface area contributed by atoms with Gasteiger partial charge < -0.3 is 10.2 Å². The lowest BCUT2D eigenvalue weighted by atomic mass is 10.2. The lowest BCUT2D eigenvalue weighted by Gasteiger charge is -2.02. The number of oxazole rings is 1. The van der Waals surface area contributed by atoms with E-state index >= 15 is 0 Å². The van der Waals surface area contributed by atoms with Gasteiger partial charge in [0.2, 0.25) is 0 Å². The van der Waals surface area contributed by atoms with Gasteiger partial charge in [-0.2, -0.15) is 12.6 Å². The van der Waals surface area contributed by atoms with E-state index in [9.17, 15) is 0 Å². The van der Waals surface area contributed by atoms with Crippen molar-refractivity contribution in [3.63, 3.8) is 0 Å². The Morgan fingerprint density at radius 3 is 2.75 bits per heavy atom. The summed E-state index contributed by atoms with van der Waals surface area (Å²) in [7, 11) is 0. The Balaban J connectivity index is 0.000000561. The molecule has 0 radical (unpaired) electrons. The summed E-state index contributed by atoms with van der Waals surface area (Å²) < 4.78 is 5.01. The lowest BCUT2D eigenvalue weighted by Crippen LogP contribution is -2.21. The highest BCUT2D eigenvalue weighted by molar-refractivity contribution is 7.79. The summed E-state index contributed by atoms with van der Waals surface area (Å²) in [6.45, 7) is 2.05. The van der Waals surface area contributed by atoms with E-state index in [-0.39, 0.29) is 6.04 Å². The maximum absolute atomic E-state index is 5.66. The van der Waals surface area contributed by atoms with Crippen molar-refractivity contribution >= 4 is 12.6 Å². The second kappa shape index (κ2) is 7.18. The van der Waals surface area contributed by atoms with Gasteiger partial charge in [0, 0.05) is 12.5 Å². The van der Waals surface area contributed by atoms with Gasteiger partial charge in [-0.25, -0.2) is 4.98 Å². The van der Waals surface area contributed by atoms with Crippen LogP contribution in [0.3, 0.4) is 0 Å². The second-order valence-corrected chi connectivity index (χ2v) is 2.30. The molecular formula is C8H16N2OS. The number of nitrogens with zero attached hydrogens (tertiary/aromatic N) is 1. The van der Waals surface area contributed by atoms with Crippen molar-refractivity contribution in [3.8, 4) is 0 Å². The minimum absolute atomic E-state index is 0.179. The summed E-state index contributed by atoms with van der Waals surface area (Å²) in [5.41, 5.74) is 5.66. The van der Waals surface area contributed by atoms with Crippen LogP contribution in [0.4, 0.5) is 0 Å². The fraction of sp³-hybridized carbons (Fsp3) is 0.625. The molecule has 2 N–H and O–H groups in total. The van der Waals surface area contributed by atoms with E-state index in [0.29, 0.717) is 0 Å². The lowest BCUT2D eigenvalue weighted by molar-refractivity contribution is 0.465. The zero-order valence-corrected chi connectivity index (χ0v) is 8.42. The second-order valence-electron chi connectivity index (χ2n) is 2.30. The molecule has 0 saturated carbocycles. The third-order valence-electron chi connectivity index (χ3n) is 1.44. The molecule has 1 heterocycles. The molecule has 0 bridgehead atoms. The normalized spacial score (nSPS) is 11.7. The van der Waals surface area contributed by atoms with E-state index in [4.69, 9.17) is 10.2 Å². The average Bonchev–Trinajstić information content (AvgIpc) is 2.60. The minimum Gasteiger partial charge on any atom is -0.449 e. The maximum Gasteiger partial charge on any atom is 0.195 e. The summed E-state index contributed by atoms with van der Waals surface area (Å²) in [6.07, 6.45) is 6.60. The molecular weight excluding hydrogens is 172 g/mol. The van der Waals surface area contributed by atoms with Gasteiger partial charge in [0.25, 0.3) is 0 Å². The van der Waals surface area contributed by atoms with Crippen molar-refractivity contribution in [2.24, 2.45) is 5.73 Å². The van der Waals surface area contributed by atoms with Gasteiger partial charge in [-0.15, -0.1) is 0 Å². The molecule has 1 aromatic rings. The first-order valence-corrected chi connectivity index (χ1v) is 4.81. The Labute approximate surface area is 78.8 Å². The molecule has 0 spiro atoms. The van der Waals surface area contributed by atoms with E-state index in [0.717, 1.165) is 18.7 Å². The molecule has 1 aromatic heterocycles. The van der Waals surface area contributed by atoms with Crippen LogP contribution >= 0.6 is 12.6 Å². The van der Waals surface area contributed by atoms with Gasteiger partial charge in [0.15, 0.2) is 5.89 Å². The van der Waals surface area contributed by atoms with Crippen LogP contribution in [0.5, 0.6) is 0 Å². The van der Waals surface area contributed by atoms with E-state index < -0.39 is 0 Å². The van der Waals surface area contributed by atoms with E-state index in [2.05, 4.69) is 17.6 Å². The van der Waals surface area contributed by atoms with E-state index in [1.165, 1.54) is 0 Å². The molecule has 1 atom stereocenters. The van der Waals surface area contributed by atoms with Crippen LogP contribution in [0.2, 0.25) is 0 Å². The monoisotopic (exact) mass is 188 g/mol. The number of rotatable bonds is 3. The number of hydrogen-bond acceptors (Lipinski definition) is 4. The molecule has 1 rings (SSSR count). The Morgan fingerprint density at radius 1 is 1.67 bits per heavy atom. The number of nitrogens with two attached hydrogens (primary N) is 1. The molecule has 0 aliphatic carbocycles. The highest BCUT2D eigenvalue weighted by Gasteiger charge is 2.03. The van der Waals surface area contributed by atoms with Crippen molar-refractivity contribution in [1.82, 2.24) is 4.98 Å². The summed E-state index contributed by atoms with van der Waals surface area (Å²) in [5.74, 6) is 0.731. The molecule has 0 aliphatic rings. The first-order valence-electron chi connectivity index (χ1n) is 3.91. The molecule has 3 nitrogen and oxygen atoms in total. The van der Waals surface area contributed by atoms with Crippen LogP contribution in [0, 0.1) is 0 Å². The van der Waals surface area contributed by atoms with Crippen LogP contribution < -0.4 is 5.73 Å². The third kappa shape index (κ3) is 4.41. The van der Waals surface area contributed by atoms with Crippen molar-refractivity contribution in [2.75, 3.05) is 6.26 Å². The van der Waals surface area contributed by atoms with E-state index in [1.54, 1.807) is 18.7 Å². The fourth-order valence-corrected chi connectivity index (χ4v) is 0.722. The van der Waals surface area contributed by atoms with Gasteiger partial charge >= 0.3 is 0 Å². The average molecular weight is 188 g/mol. The fourth-order valence-electron chi connectivity index (χ4n) is 0.722. The first kappa shape index (κ1) is 11.5. The van der Waals surface area contributed by atoms with Crippen LogP contribution in [0.15, 0.2) is 16.9 Å². The van der Waals surface area contributed by atoms with Gasteiger partial charge in [-0.05, 0) is 12.7 Å². The molecule has 70 valence electrons. The molecule has 12 heavy (non-hydrogen) atoms. The van der Waals surface area contributed by atoms with Crippen molar-refractivity contribution in [1.29, 1.82) is 0 Å². The molecule has 1 unspecified atom stereocenters. The van der Waals surface area contributed by atoms with Gasteiger partial charge in [-0.3, -0.25) is 0 Å². The molecule has 0 fully saturated rings. The first-order chi connectivity index (χ1) is 5.83. The topological polar surface area (TPSA) is 52.0 Å². The van der Waals surface area contributed by atoms with Gasteiger partial charge in [0.1, 0.15) is 6.26 Å². The summed E-state index contributed by atoms with van der Waals surface area (Å²) in [4.78, 5) is 3.96. The van der Waals surface area contributed by atoms with Crippen LogP contribution in [-0.4, -0.2) is 17.3 Å².